The highest BCUT2D eigenvalue weighted by Gasteiger charge is 2.23. The van der Waals surface area contributed by atoms with Gasteiger partial charge in [0, 0.05) is 32.2 Å². The van der Waals surface area contributed by atoms with Crippen molar-refractivity contribution in [3.05, 3.63) is 0 Å². The number of carbonyl (C=O) groups excluding carboxylic acids is 2. The van der Waals surface area contributed by atoms with Crippen molar-refractivity contribution in [2.45, 2.75) is 32.7 Å². The predicted octanol–water partition coefficient (Wildman–Crippen LogP) is -0.277. The molecule has 1 fully saturated rings. The van der Waals surface area contributed by atoms with Crippen LogP contribution in [0.4, 0.5) is 0 Å². The lowest BCUT2D eigenvalue weighted by Gasteiger charge is -2.14. The lowest BCUT2D eigenvalue weighted by molar-refractivity contribution is -0.145. The Morgan fingerprint density at radius 1 is 1.19 bits per heavy atom. The summed E-state index contributed by atoms with van der Waals surface area (Å²) in [6.45, 7) is 6.70. The highest BCUT2D eigenvalue weighted by Crippen LogP contribution is 2.06. The van der Waals surface area contributed by atoms with E-state index in [1.165, 1.54) is 0 Å². The molecule has 5 nitrogen and oxygen atoms in total. The Hall–Kier alpha value is -1.10. The number of amides is 2. The van der Waals surface area contributed by atoms with Gasteiger partial charge in [0.15, 0.2) is 0 Å². The second-order valence-corrected chi connectivity index (χ2v) is 4.36. The molecule has 0 bridgehead atoms. The summed E-state index contributed by atoms with van der Waals surface area (Å²) in [4.78, 5) is 24.6. The standard InChI is InChI=1S/C11H21N3O2/c1-9(2)12-5-6-13-10(15)11(16)14-7-3-4-8-14/h9,12H,3-8H2,1-2H3,(H,13,15). The summed E-state index contributed by atoms with van der Waals surface area (Å²) in [7, 11) is 0. The molecule has 5 heteroatoms. The van der Waals surface area contributed by atoms with E-state index in [9.17, 15) is 9.59 Å². The summed E-state index contributed by atoms with van der Waals surface area (Å²) in [5.41, 5.74) is 0. The molecule has 0 atom stereocenters. The van der Waals surface area contributed by atoms with Crippen molar-refractivity contribution in [3.8, 4) is 0 Å². The van der Waals surface area contributed by atoms with E-state index in [-0.39, 0.29) is 5.91 Å². The zero-order valence-corrected chi connectivity index (χ0v) is 10.1. The van der Waals surface area contributed by atoms with Gasteiger partial charge in [0.1, 0.15) is 0 Å². The molecule has 0 aliphatic carbocycles. The van der Waals surface area contributed by atoms with Gasteiger partial charge in [0.05, 0.1) is 0 Å². The largest absolute Gasteiger partial charge is 0.347 e. The Morgan fingerprint density at radius 2 is 1.81 bits per heavy atom. The molecule has 1 rings (SSSR count). The summed E-state index contributed by atoms with van der Waals surface area (Å²) >= 11 is 0. The molecule has 1 aliphatic heterocycles. The number of nitrogens with one attached hydrogen (secondary N) is 2. The molecule has 2 amide bonds. The van der Waals surface area contributed by atoms with Gasteiger partial charge in [-0.25, -0.2) is 0 Å². The lowest BCUT2D eigenvalue weighted by Crippen LogP contribution is -2.44. The molecule has 0 radical (unpaired) electrons. The number of hydrogen-bond acceptors (Lipinski definition) is 3. The van der Waals surface area contributed by atoms with Crippen molar-refractivity contribution in [2.75, 3.05) is 26.2 Å². The maximum Gasteiger partial charge on any atom is 0.311 e. The van der Waals surface area contributed by atoms with Crippen LogP contribution in [0.15, 0.2) is 0 Å². The third kappa shape index (κ3) is 4.18. The molecule has 1 saturated heterocycles. The van der Waals surface area contributed by atoms with Gasteiger partial charge >= 0.3 is 11.8 Å². The lowest BCUT2D eigenvalue weighted by atomic mass is 10.4. The van der Waals surface area contributed by atoms with Crippen LogP contribution in [0, 0.1) is 0 Å². The van der Waals surface area contributed by atoms with Crippen LogP contribution in [0.25, 0.3) is 0 Å². The Labute approximate surface area is 96.6 Å². The summed E-state index contributed by atoms with van der Waals surface area (Å²) in [5.74, 6) is -0.866. The summed E-state index contributed by atoms with van der Waals surface area (Å²) in [5, 5.41) is 5.79. The van der Waals surface area contributed by atoms with Crippen LogP contribution in [0.2, 0.25) is 0 Å². The average Bonchev–Trinajstić information content (AvgIpc) is 2.76. The first kappa shape index (κ1) is 13.0. The summed E-state index contributed by atoms with van der Waals surface area (Å²) < 4.78 is 0. The first-order chi connectivity index (χ1) is 7.61. The van der Waals surface area contributed by atoms with Gasteiger partial charge < -0.3 is 15.5 Å². The molecule has 0 unspecified atom stereocenters. The van der Waals surface area contributed by atoms with E-state index in [0.717, 1.165) is 25.9 Å². The van der Waals surface area contributed by atoms with Gasteiger partial charge in [0.2, 0.25) is 0 Å². The van der Waals surface area contributed by atoms with Gasteiger partial charge in [-0.3, -0.25) is 9.59 Å². The first-order valence-electron chi connectivity index (χ1n) is 5.91. The summed E-state index contributed by atoms with van der Waals surface area (Å²) in [6.07, 6.45) is 2.02. The SMILES string of the molecule is CC(C)NCCNC(=O)C(=O)N1CCCC1. The van der Waals surface area contributed by atoms with E-state index >= 15 is 0 Å². The smallest absolute Gasteiger partial charge is 0.311 e. The molecule has 0 saturated carbocycles. The number of nitrogens with zero attached hydrogens (tertiary/aromatic N) is 1. The molecule has 16 heavy (non-hydrogen) atoms. The van der Waals surface area contributed by atoms with Crippen LogP contribution in [0.1, 0.15) is 26.7 Å². The quantitative estimate of drug-likeness (QED) is 0.513. The fraction of sp³-hybridized carbons (Fsp3) is 0.818. The average molecular weight is 227 g/mol. The van der Waals surface area contributed by atoms with Crippen LogP contribution in [0.5, 0.6) is 0 Å². The minimum absolute atomic E-state index is 0.387. The number of rotatable bonds is 4. The maximum absolute atomic E-state index is 11.6. The number of likely N-dealkylation sites (tertiary alicyclic amines) is 1. The van der Waals surface area contributed by atoms with Crippen LogP contribution in [-0.2, 0) is 9.59 Å². The van der Waals surface area contributed by atoms with Crippen molar-refractivity contribution >= 4 is 11.8 Å². The Kier molecular flexibility index (Phi) is 5.25. The Bertz CT molecular complexity index is 248. The molecule has 0 aromatic rings. The van der Waals surface area contributed by atoms with Gasteiger partial charge in [-0.2, -0.15) is 0 Å². The van der Waals surface area contributed by atoms with Crippen molar-refractivity contribution < 1.29 is 9.59 Å². The van der Waals surface area contributed by atoms with E-state index in [4.69, 9.17) is 0 Å². The molecule has 92 valence electrons. The third-order valence-corrected chi connectivity index (χ3v) is 2.55. The fourth-order valence-corrected chi connectivity index (χ4v) is 1.68. The van der Waals surface area contributed by atoms with Crippen LogP contribution in [0.3, 0.4) is 0 Å². The number of carbonyl (C=O) groups is 2. The van der Waals surface area contributed by atoms with E-state index in [2.05, 4.69) is 10.6 Å². The number of hydrogen-bond donors (Lipinski definition) is 2. The van der Waals surface area contributed by atoms with Crippen molar-refractivity contribution in [3.63, 3.8) is 0 Å². The molecule has 0 aromatic carbocycles. The fourth-order valence-electron chi connectivity index (χ4n) is 1.68. The maximum atomic E-state index is 11.6. The van der Waals surface area contributed by atoms with Crippen LogP contribution in [-0.4, -0.2) is 48.9 Å². The molecule has 0 aromatic heterocycles. The highest BCUT2D eigenvalue weighted by molar-refractivity contribution is 6.35. The van der Waals surface area contributed by atoms with Gasteiger partial charge in [-0.05, 0) is 12.8 Å². The zero-order valence-electron chi connectivity index (χ0n) is 10.1. The van der Waals surface area contributed by atoms with Crippen LogP contribution >= 0.6 is 0 Å². The topological polar surface area (TPSA) is 61.4 Å². The van der Waals surface area contributed by atoms with Crippen LogP contribution < -0.4 is 10.6 Å². The molecular weight excluding hydrogens is 206 g/mol. The first-order valence-corrected chi connectivity index (χ1v) is 5.91. The van der Waals surface area contributed by atoms with E-state index in [1.807, 2.05) is 13.8 Å². The monoisotopic (exact) mass is 227 g/mol. The Morgan fingerprint density at radius 3 is 2.38 bits per heavy atom. The summed E-state index contributed by atoms with van der Waals surface area (Å²) in [6, 6.07) is 0.395. The van der Waals surface area contributed by atoms with Gasteiger partial charge in [-0.1, -0.05) is 13.8 Å². The predicted molar refractivity (Wildman–Crippen MR) is 62.0 cm³/mol. The van der Waals surface area contributed by atoms with Gasteiger partial charge in [0.25, 0.3) is 0 Å². The van der Waals surface area contributed by atoms with Crippen molar-refractivity contribution in [2.24, 2.45) is 0 Å². The van der Waals surface area contributed by atoms with E-state index in [1.54, 1.807) is 4.90 Å². The molecular formula is C11H21N3O2. The van der Waals surface area contributed by atoms with Crippen molar-refractivity contribution in [1.29, 1.82) is 0 Å². The van der Waals surface area contributed by atoms with E-state index < -0.39 is 5.91 Å². The zero-order chi connectivity index (χ0) is 12.0. The Balaban J connectivity index is 2.16. The second kappa shape index (κ2) is 6.48. The van der Waals surface area contributed by atoms with Gasteiger partial charge in [-0.15, -0.1) is 0 Å². The van der Waals surface area contributed by atoms with Crippen molar-refractivity contribution in [1.82, 2.24) is 15.5 Å². The molecule has 2 N–H and O–H groups in total. The van der Waals surface area contributed by atoms with E-state index in [0.29, 0.717) is 19.1 Å². The third-order valence-electron chi connectivity index (χ3n) is 2.55. The minimum atomic E-state index is -0.479. The normalized spacial score (nSPS) is 15.6. The second-order valence-electron chi connectivity index (χ2n) is 4.36. The molecule has 1 heterocycles. The molecule has 1 aliphatic rings. The highest BCUT2D eigenvalue weighted by atomic mass is 16.2. The molecule has 0 spiro atoms. The minimum Gasteiger partial charge on any atom is -0.347 e.